The topological polar surface area (TPSA) is 45.5 Å². The summed E-state index contributed by atoms with van der Waals surface area (Å²) in [5, 5.41) is 3.36. The molecule has 1 saturated heterocycles. The Bertz CT molecular complexity index is 720. The van der Waals surface area contributed by atoms with Crippen molar-refractivity contribution in [1.29, 1.82) is 0 Å². The van der Waals surface area contributed by atoms with E-state index < -0.39 is 0 Å². The van der Waals surface area contributed by atoms with E-state index in [-0.39, 0.29) is 5.91 Å². The average molecular weight is 298 g/mol. The van der Waals surface area contributed by atoms with Crippen molar-refractivity contribution in [3.8, 4) is 0 Å². The second-order valence-electron chi connectivity index (χ2n) is 4.87. The quantitative estimate of drug-likeness (QED) is 0.699. The number of benzene rings is 1. The fourth-order valence-corrected chi connectivity index (χ4v) is 2.46. The van der Waals surface area contributed by atoms with E-state index in [0.717, 1.165) is 11.1 Å². The van der Waals surface area contributed by atoms with Gasteiger partial charge in [0.1, 0.15) is 11.5 Å². The van der Waals surface area contributed by atoms with Gasteiger partial charge in [-0.1, -0.05) is 29.8 Å². The Kier molecular flexibility index (Phi) is 3.58. The molecule has 0 bridgehead atoms. The molecule has 1 aromatic heterocycles. The fourth-order valence-electron chi connectivity index (χ4n) is 2.20. The molecule has 0 spiro atoms. The first-order valence-corrected chi connectivity index (χ1v) is 6.98. The summed E-state index contributed by atoms with van der Waals surface area (Å²) in [5.41, 5.74) is 2.59. The molecule has 1 N–H and O–H groups in total. The molecule has 1 aliphatic heterocycles. The number of nitrogens with one attached hydrogen (secondary N) is 1. The maximum absolute atomic E-state index is 12.4. The van der Waals surface area contributed by atoms with Crippen LogP contribution in [0.5, 0.6) is 0 Å². The van der Waals surface area contributed by atoms with Crippen molar-refractivity contribution in [2.45, 2.75) is 13.5 Å². The fraction of sp³-hybridized carbons (Fsp3) is 0.125. The Morgan fingerprint density at radius 3 is 2.90 bits per heavy atom. The Balaban J connectivity index is 1.83. The predicted octanol–water partition coefficient (Wildman–Crippen LogP) is 2.85. The third kappa shape index (κ3) is 2.87. The standard InChI is InChI=1S/C16H14N2O2S/c1-11-4-2-5-12(8-11)9-14-15(19)18(16(21)17-14)10-13-6-3-7-20-13/h2-9H,10H2,1H3,(H,17,21). The van der Waals surface area contributed by atoms with Crippen LogP contribution < -0.4 is 5.32 Å². The normalized spacial score (nSPS) is 16.6. The minimum absolute atomic E-state index is 0.141. The number of hydrogen-bond donors (Lipinski definition) is 1. The van der Waals surface area contributed by atoms with Crippen molar-refractivity contribution in [3.63, 3.8) is 0 Å². The number of hydrogen-bond acceptors (Lipinski definition) is 3. The largest absolute Gasteiger partial charge is 0.467 e. The van der Waals surface area contributed by atoms with Crippen LogP contribution in [0, 0.1) is 6.92 Å². The summed E-state index contributed by atoms with van der Waals surface area (Å²) in [6, 6.07) is 11.5. The molecule has 0 radical (unpaired) electrons. The molecule has 106 valence electrons. The monoisotopic (exact) mass is 298 g/mol. The Morgan fingerprint density at radius 2 is 2.19 bits per heavy atom. The number of furan rings is 1. The van der Waals surface area contributed by atoms with Crippen LogP contribution in [0.15, 0.2) is 52.8 Å². The van der Waals surface area contributed by atoms with Gasteiger partial charge in [0.15, 0.2) is 5.11 Å². The van der Waals surface area contributed by atoms with Crippen LogP contribution in [0.3, 0.4) is 0 Å². The molecule has 2 aromatic rings. The first-order valence-electron chi connectivity index (χ1n) is 6.57. The van der Waals surface area contributed by atoms with Crippen molar-refractivity contribution >= 4 is 29.3 Å². The maximum Gasteiger partial charge on any atom is 0.276 e. The van der Waals surface area contributed by atoms with Crippen LogP contribution >= 0.6 is 12.2 Å². The molecule has 4 nitrogen and oxygen atoms in total. The number of rotatable bonds is 3. The molecule has 0 saturated carbocycles. The van der Waals surface area contributed by atoms with Crippen LogP contribution in [-0.4, -0.2) is 15.9 Å². The number of aryl methyl sites for hydroxylation is 1. The van der Waals surface area contributed by atoms with Gasteiger partial charge in [0.25, 0.3) is 5.91 Å². The van der Waals surface area contributed by atoms with Crippen LogP contribution in [0.1, 0.15) is 16.9 Å². The zero-order valence-electron chi connectivity index (χ0n) is 11.5. The highest BCUT2D eigenvalue weighted by Gasteiger charge is 2.31. The summed E-state index contributed by atoms with van der Waals surface area (Å²) in [6.45, 7) is 2.35. The van der Waals surface area contributed by atoms with Crippen LogP contribution in [0.25, 0.3) is 6.08 Å². The molecule has 5 heteroatoms. The highest BCUT2D eigenvalue weighted by atomic mass is 32.1. The van der Waals surface area contributed by atoms with Gasteiger partial charge in [-0.3, -0.25) is 9.69 Å². The number of carbonyl (C=O) groups excluding carboxylic acids is 1. The van der Waals surface area contributed by atoms with Gasteiger partial charge in [-0.05, 0) is 42.9 Å². The van der Waals surface area contributed by atoms with Crippen LogP contribution in [-0.2, 0) is 11.3 Å². The lowest BCUT2D eigenvalue weighted by atomic mass is 10.1. The van der Waals surface area contributed by atoms with Crippen molar-refractivity contribution in [1.82, 2.24) is 10.2 Å². The zero-order valence-corrected chi connectivity index (χ0v) is 12.3. The Labute approximate surface area is 128 Å². The molecule has 1 aromatic carbocycles. The van der Waals surface area contributed by atoms with E-state index in [4.69, 9.17) is 16.6 Å². The Hall–Kier alpha value is -2.40. The van der Waals surface area contributed by atoms with Crippen LogP contribution in [0.2, 0.25) is 0 Å². The second kappa shape index (κ2) is 5.54. The lowest BCUT2D eigenvalue weighted by molar-refractivity contribution is -0.122. The summed E-state index contributed by atoms with van der Waals surface area (Å²) in [5.74, 6) is 0.558. The van der Waals surface area contributed by atoms with Gasteiger partial charge in [0, 0.05) is 0 Å². The molecule has 0 unspecified atom stereocenters. The molecular weight excluding hydrogens is 284 g/mol. The van der Waals surface area contributed by atoms with Gasteiger partial charge in [0.2, 0.25) is 0 Å². The number of carbonyl (C=O) groups is 1. The lowest BCUT2D eigenvalue weighted by Crippen LogP contribution is -2.29. The summed E-state index contributed by atoms with van der Waals surface area (Å²) < 4.78 is 5.26. The number of amides is 1. The van der Waals surface area contributed by atoms with Gasteiger partial charge in [-0.25, -0.2) is 0 Å². The first kappa shape index (κ1) is 13.6. The highest BCUT2D eigenvalue weighted by Crippen LogP contribution is 2.17. The van der Waals surface area contributed by atoms with E-state index in [9.17, 15) is 4.79 Å². The number of nitrogens with zero attached hydrogens (tertiary/aromatic N) is 1. The van der Waals surface area contributed by atoms with E-state index in [2.05, 4.69) is 5.32 Å². The third-order valence-corrected chi connectivity index (χ3v) is 3.53. The summed E-state index contributed by atoms with van der Waals surface area (Å²) in [6.07, 6.45) is 3.39. The van der Waals surface area contributed by atoms with Gasteiger partial charge < -0.3 is 9.73 Å². The number of thiocarbonyl (C=S) groups is 1. The smallest absolute Gasteiger partial charge is 0.276 e. The lowest BCUT2D eigenvalue weighted by Gasteiger charge is -2.11. The molecule has 1 aliphatic rings. The third-order valence-electron chi connectivity index (χ3n) is 3.21. The summed E-state index contributed by atoms with van der Waals surface area (Å²) in [7, 11) is 0. The van der Waals surface area contributed by atoms with Gasteiger partial charge in [0.05, 0.1) is 12.8 Å². The highest BCUT2D eigenvalue weighted by molar-refractivity contribution is 7.80. The van der Waals surface area contributed by atoms with Gasteiger partial charge in [-0.15, -0.1) is 0 Å². The Morgan fingerprint density at radius 1 is 1.33 bits per heavy atom. The summed E-state index contributed by atoms with van der Waals surface area (Å²) >= 11 is 5.22. The van der Waals surface area contributed by atoms with Crippen LogP contribution in [0.4, 0.5) is 0 Å². The van der Waals surface area contributed by atoms with E-state index in [1.165, 1.54) is 4.90 Å². The van der Waals surface area contributed by atoms with E-state index in [1.54, 1.807) is 12.3 Å². The van der Waals surface area contributed by atoms with E-state index >= 15 is 0 Å². The van der Waals surface area contributed by atoms with Gasteiger partial charge in [-0.2, -0.15) is 0 Å². The molecule has 21 heavy (non-hydrogen) atoms. The van der Waals surface area contributed by atoms with E-state index in [0.29, 0.717) is 23.1 Å². The molecule has 0 atom stereocenters. The van der Waals surface area contributed by atoms with Gasteiger partial charge >= 0.3 is 0 Å². The SMILES string of the molecule is Cc1cccc(C=C2NC(=S)N(Cc3ccco3)C2=O)c1. The minimum Gasteiger partial charge on any atom is -0.467 e. The van der Waals surface area contributed by atoms with Crippen molar-refractivity contribution in [2.75, 3.05) is 0 Å². The predicted molar refractivity (Wildman–Crippen MR) is 84.1 cm³/mol. The maximum atomic E-state index is 12.4. The van der Waals surface area contributed by atoms with Crippen molar-refractivity contribution in [2.24, 2.45) is 0 Å². The molecular formula is C16H14N2O2S. The average Bonchev–Trinajstić information content (AvgIpc) is 3.04. The van der Waals surface area contributed by atoms with Crippen molar-refractivity contribution < 1.29 is 9.21 Å². The summed E-state index contributed by atoms with van der Waals surface area (Å²) in [4.78, 5) is 13.9. The minimum atomic E-state index is -0.141. The first-order chi connectivity index (χ1) is 10.1. The molecule has 1 amide bonds. The molecule has 0 aliphatic carbocycles. The molecule has 1 fully saturated rings. The zero-order chi connectivity index (χ0) is 14.8. The van der Waals surface area contributed by atoms with Crippen molar-refractivity contribution in [3.05, 3.63) is 65.2 Å². The second-order valence-corrected chi connectivity index (χ2v) is 5.26. The van der Waals surface area contributed by atoms with E-state index in [1.807, 2.05) is 43.3 Å². The molecule has 3 rings (SSSR count). The molecule has 2 heterocycles.